The highest BCUT2D eigenvalue weighted by Crippen LogP contribution is 2.40. The van der Waals surface area contributed by atoms with Gasteiger partial charge in [0.15, 0.2) is 0 Å². The zero-order valence-electron chi connectivity index (χ0n) is 13.4. The number of nitrogens with zero attached hydrogens (tertiary/aromatic N) is 1. The van der Waals surface area contributed by atoms with Crippen molar-refractivity contribution in [3.63, 3.8) is 0 Å². The second kappa shape index (κ2) is 5.92. The van der Waals surface area contributed by atoms with Crippen LogP contribution >= 0.6 is 0 Å². The molecule has 3 nitrogen and oxygen atoms in total. The molecule has 1 atom stereocenters. The topological polar surface area (TPSA) is 40.5 Å². The van der Waals surface area contributed by atoms with E-state index in [1.807, 2.05) is 18.2 Å². The molecule has 1 aromatic rings. The summed E-state index contributed by atoms with van der Waals surface area (Å²) in [4.78, 5) is 13.9. The third kappa shape index (κ3) is 2.97. The summed E-state index contributed by atoms with van der Waals surface area (Å²) in [5, 5.41) is 9.71. The molecule has 21 heavy (non-hydrogen) atoms. The van der Waals surface area contributed by atoms with Gasteiger partial charge in [-0.15, -0.1) is 0 Å². The van der Waals surface area contributed by atoms with E-state index >= 15 is 0 Å². The summed E-state index contributed by atoms with van der Waals surface area (Å²) in [6, 6.07) is 7.62. The SMILES string of the molecule is CCCC[C@H](C(=O)O)N1c2ccccc2C(C)=CC1(C)C. The Labute approximate surface area is 127 Å². The van der Waals surface area contributed by atoms with Crippen LogP contribution in [0.1, 0.15) is 52.5 Å². The Hall–Kier alpha value is -1.77. The molecule has 1 N–H and O–H groups in total. The van der Waals surface area contributed by atoms with Crippen molar-refractivity contribution >= 4 is 17.2 Å². The summed E-state index contributed by atoms with van der Waals surface area (Å²) < 4.78 is 0. The maximum Gasteiger partial charge on any atom is 0.326 e. The van der Waals surface area contributed by atoms with Crippen LogP contribution in [0.25, 0.3) is 5.57 Å². The smallest absolute Gasteiger partial charge is 0.326 e. The van der Waals surface area contributed by atoms with E-state index in [1.165, 1.54) is 5.57 Å². The van der Waals surface area contributed by atoms with Crippen molar-refractivity contribution in [1.29, 1.82) is 0 Å². The van der Waals surface area contributed by atoms with E-state index in [-0.39, 0.29) is 5.54 Å². The Kier molecular flexibility index (Phi) is 4.40. The van der Waals surface area contributed by atoms with Crippen LogP contribution in [-0.2, 0) is 4.79 Å². The van der Waals surface area contributed by atoms with E-state index in [2.05, 4.69) is 44.7 Å². The van der Waals surface area contributed by atoms with E-state index in [0.29, 0.717) is 6.42 Å². The van der Waals surface area contributed by atoms with Gasteiger partial charge >= 0.3 is 5.97 Å². The number of hydrogen-bond acceptors (Lipinski definition) is 2. The molecule has 1 heterocycles. The summed E-state index contributed by atoms with van der Waals surface area (Å²) in [7, 11) is 0. The van der Waals surface area contributed by atoms with Gasteiger partial charge < -0.3 is 10.0 Å². The van der Waals surface area contributed by atoms with E-state index in [4.69, 9.17) is 0 Å². The average Bonchev–Trinajstić information content (AvgIpc) is 2.41. The fraction of sp³-hybridized carbons (Fsp3) is 0.500. The minimum absolute atomic E-state index is 0.296. The summed E-state index contributed by atoms with van der Waals surface area (Å²) in [5.41, 5.74) is 3.09. The average molecular weight is 287 g/mol. The largest absolute Gasteiger partial charge is 0.480 e. The van der Waals surface area contributed by atoms with Crippen LogP contribution in [-0.4, -0.2) is 22.7 Å². The molecular weight excluding hydrogens is 262 g/mol. The van der Waals surface area contributed by atoms with Gasteiger partial charge in [-0.3, -0.25) is 0 Å². The van der Waals surface area contributed by atoms with Gasteiger partial charge in [0.1, 0.15) is 6.04 Å². The number of carboxylic acids is 1. The Morgan fingerprint density at radius 2 is 2.00 bits per heavy atom. The predicted octanol–water partition coefficient (Wildman–Crippen LogP) is 4.33. The van der Waals surface area contributed by atoms with Gasteiger partial charge in [-0.2, -0.15) is 0 Å². The molecule has 2 rings (SSSR count). The molecule has 0 radical (unpaired) electrons. The van der Waals surface area contributed by atoms with Crippen molar-refractivity contribution in [3.05, 3.63) is 35.9 Å². The number of rotatable bonds is 5. The molecule has 0 fully saturated rings. The van der Waals surface area contributed by atoms with Gasteiger partial charge in [-0.05, 0) is 38.8 Å². The number of hydrogen-bond donors (Lipinski definition) is 1. The second-order valence-corrected chi connectivity index (χ2v) is 6.36. The molecule has 0 unspecified atom stereocenters. The number of fused-ring (bicyclic) bond motifs is 1. The fourth-order valence-corrected chi connectivity index (χ4v) is 3.33. The lowest BCUT2D eigenvalue weighted by Gasteiger charge is -2.46. The lowest BCUT2D eigenvalue weighted by atomic mass is 9.86. The molecule has 114 valence electrons. The minimum atomic E-state index is -0.737. The summed E-state index contributed by atoms with van der Waals surface area (Å²) in [5.74, 6) is -0.737. The standard InChI is InChI=1S/C18H25NO2/c1-5-6-10-16(17(20)21)19-15-11-8-7-9-14(15)13(2)12-18(19,3)4/h7-9,11-12,16H,5-6,10H2,1-4H3,(H,20,21)/t16-/m1/s1. The molecule has 0 saturated carbocycles. The van der Waals surface area contributed by atoms with Gasteiger partial charge in [0.2, 0.25) is 0 Å². The van der Waals surface area contributed by atoms with Gasteiger partial charge in [-0.25, -0.2) is 4.79 Å². The number of benzene rings is 1. The molecule has 0 aromatic heterocycles. The Morgan fingerprint density at radius 3 is 2.62 bits per heavy atom. The third-order valence-electron chi connectivity index (χ3n) is 4.21. The first kappa shape index (κ1) is 15.6. The fourth-order valence-electron chi connectivity index (χ4n) is 3.33. The number of carboxylic acid groups (broad SMARTS) is 1. The van der Waals surface area contributed by atoms with Gasteiger partial charge in [0, 0.05) is 11.3 Å². The maximum absolute atomic E-state index is 11.8. The first-order valence-corrected chi connectivity index (χ1v) is 7.69. The van der Waals surface area contributed by atoms with Crippen LogP contribution in [0.2, 0.25) is 0 Å². The van der Waals surface area contributed by atoms with Crippen LogP contribution in [0.15, 0.2) is 30.3 Å². The van der Waals surface area contributed by atoms with Crippen molar-refractivity contribution in [3.8, 4) is 0 Å². The lowest BCUT2D eigenvalue weighted by Crippen LogP contribution is -2.54. The van der Waals surface area contributed by atoms with Crippen molar-refractivity contribution in [2.24, 2.45) is 0 Å². The zero-order chi connectivity index (χ0) is 15.6. The van der Waals surface area contributed by atoms with E-state index in [9.17, 15) is 9.90 Å². The Balaban J connectivity index is 2.51. The van der Waals surface area contributed by atoms with E-state index < -0.39 is 12.0 Å². The third-order valence-corrected chi connectivity index (χ3v) is 4.21. The molecule has 0 bridgehead atoms. The van der Waals surface area contributed by atoms with Crippen molar-refractivity contribution in [2.45, 2.75) is 58.5 Å². The first-order valence-electron chi connectivity index (χ1n) is 7.69. The number of anilines is 1. The Bertz CT molecular complexity index is 560. The first-order chi connectivity index (χ1) is 9.88. The molecule has 0 spiro atoms. The van der Waals surface area contributed by atoms with Crippen molar-refractivity contribution in [1.82, 2.24) is 0 Å². The number of para-hydroxylation sites is 1. The maximum atomic E-state index is 11.8. The van der Waals surface area contributed by atoms with Crippen LogP contribution in [0.3, 0.4) is 0 Å². The number of carbonyl (C=O) groups is 1. The summed E-state index contributed by atoms with van der Waals surface area (Å²) >= 11 is 0. The molecule has 1 aromatic carbocycles. The second-order valence-electron chi connectivity index (χ2n) is 6.36. The van der Waals surface area contributed by atoms with E-state index in [1.54, 1.807) is 0 Å². The Morgan fingerprint density at radius 1 is 1.33 bits per heavy atom. The highest BCUT2D eigenvalue weighted by Gasteiger charge is 2.38. The van der Waals surface area contributed by atoms with Crippen LogP contribution in [0, 0.1) is 0 Å². The molecule has 3 heteroatoms. The van der Waals surface area contributed by atoms with Gasteiger partial charge in [-0.1, -0.05) is 44.0 Å². The minimum Gasteiger partial charge on any atom is -0.480 e. The summed E-state index contributed by atoms with van der Waals surface area (Å²) in [6.07, 6.45) is 4.79. The molecule has 0 aliphatic carbocycles. The van der Waals surface area contributed by atoms with Gasteiger partial charge in [0.25, 0.3) is 0 Å². The predicted molar refractivity (Wildman–Crippen MR) is 87.6 cm³/mol. The number of allylic oxidation sites excluding steroid dienone is 1. The monoisotopic (exact) mass is 287 g/mol. The van der Waals surface area contributed by atoms with Crippen LogP contribution in [0.4, 0.5) is 5.69 Å². The molecule has 1 aliphatic heterocycles. The molecular formula is C18H25NO2. The van der Waals surface area contributed by atoms with Crippen molar-refractivity contribution < 1.29 is 9.90 Å². The molecule has 0 amide bonds. The zero-order valence-corrected chi connectivity index (χ0v) is 13.4. The van der Waals surface area contributed by atoms with Crippen LogP contribution < -0.4 is 4.90 Å². The lowest BCUT2D eigenvalue weighted by molar-refractivity contribution is -0.139. The van der Waals surface area contributed by atoms with Crippen LogP contribution in [0.5, 0.6) is 0 Å². The summed E-state index contributed by atoms with van der Waals surface area (Å²) in [6.45, 7) is 8.38. The quantitative estimate of drug-likeness (QED) is 0.876. The van der Waals surface area contributed by atoms with Crippen molar-refractivity contribution in [2.75, 3.05) is 4.90 Å². The number of unbranched alkanes of at least 4 members (excludes halogenated alkanes) is 1. The van der Waals surface area contributed by atoms with E-state index in [0.717, 1.165) is 24.1 Å². The number of aliphatic carboxylic acids is 1. The highest BCUT2D eigenvalue weighted by molar-refractivity contribution is 5.86. The molecule has 1 aliphatic rings. The normalized spacial score (nSPS) is 17.9. The molecule has 0 saturated heterocycles. The van der Waals surface area contributed by atoms with Gasteiger partial charge in [0.05, 0.1) is 5.54 Å². The highest BCUT2D eigenvalue weighted by atomic mass is 16.4.